The van der Waals surface area contributed by atoms with Gasteiger partial charge >= 0.3 is 5.13 Å². The molecule has 0 spiro atoms. The molecule has 0 unspecified atom stereocenters. The topological polar surface area (TPSA) is 48.4 Å². The van der Waals surface area contributed by atoms with Gasteiger partial charge in [0.1, 0.15) is 5.52 Å². The molecule has 0 atom stereocenters. The van der Waals surface area contributed by atoms with Gasteiger partial charge in [0.2, 0.25) is 0 Å². The smallest absolute Gasteiger partial charge is 0.332 e. The molecular weight excluding hydrogens is 363 g/mol. The molecule has 4 nitrogen and oxygen atoms in total. The van der Waals surface area contributed by atoms with Gasteiger partial charge in [0.15, 0.2) is 11.5 Å². The number of aromatic nitrogens is 1. The number of aryl methyl sites for hydroxylation is 1. The highest BCUT2D eigenvalue weighted by molar-refractivity contribution is 7.21. The summed E-state index contributed by atoms with van der Waals surface area (Å²) in [6, 6.07) is 3.96. The van der Waals surface area contributed by atoms with Crippen molar-refractivity contribution in [3.8, 4) is 11.5 Å². The number of nitrogen functional groups attached to an aromatic ring is 1. The normalized spacial score (nSPS) is 10.2. The van der Waals surface area contributed by atoms with Gasteiger partial charge in [-0.1, -0.05) is 6.92 Å². The van der Waals surface area contributed by atoms with Crippen LogP contribution in [0, 0.1) is 0 Å². The van der Waals surface area contributed by atoms with Crippen LogP contribution < -0.4 is 43.8 Å². The minimum absolute atomic E-state index is 0. The van der Waals surface area contributed by atoms with Gasteiger partial charge in [-0.3, -0.25) is 5.73 Å². The zero-order valence-corrected chi connectivity index (χ0v) is 13.7. The quantitative estimate of drug-likeness (QED) is 0.559. The van der Waals surface area contributed by atoms with E-state index in [2.05, 4.69) is 11.5 Å². The summed E-state index contributed by atoms with van der Waals surface area (Å²) in [4.78, 5) is 0. The third kappa shape index (κ3) is 2.64. The van der Waals surface area contributed by atoms with E-state index in [9.17, 15) is 0 Å². The SMILES string of the molecule is CCC[n+]1c(N)sc2cc(OC)c(OC)cc21.[I-]. The number of benzene rings is 1. The number of thiazole rings is 1. The summed E-state index contributed by atoms with van der Waals surface area (Å²) < 4.78 is 13.8. The van der Waals surface area contributed by atoms with Crippen LogP contribution in [0.4, 0.5) is 5.13 Å². The second-order valence-corrected chi connectivity index (χ2v) is 4.83. The standard InChI is InChI=1S/C12H16N2O2S.HI/c1-4-5-14-8-6-9(15-2)10(16-3)7-11(8)17-12(14)13;/h6-7,13H,4-5H2,1-3H3;1H. The summed E-state index contributed by atoms with van der Waals surface area (Å²) in [6.45, 7) is 3.05. The molecule has 0 radical (unpaired) electrons. The number of ether oxygens (including phenoxy) is 2. The van der Waals surface area contributed by atoms with Crippen LogP contribution in [-0.4, -0.2) is 14.2 Å². The molecular formula is C12H17IN2O2S. The molecule has 100 valence electrons. The monoisotopic (exact) mass is 380 g/mol. The molecule has 0 aliphatic rings. The molecule has 0 fully saturated rings. The Labute approximate surface area is 128 Å². The van der Waals surface area contributed by atoms with Gasteiger partial charge in [-0.05, 0) is 17.8 Å². The van der Waals surface area contributed by atoms with Crippen LogP contribution in [0.2, 0.25) is 0 Å². The highest BCUT2D eigenvalue weighted by Crippen LogP contribution is 2.34. The number of rotatable bonds is 4. The number of fused-ring (bicyclic) bond motifs is 1. The molecule has 1 heterocycles. The first-order chi connectivity index (χ1) is 8.21. The Morgan fingerprint density at radius 3 is 2.39 bits per heavy atom. The number of methoxy groups -OCH3 is 2. The summed E-state index contributed by atoms with van der Waals surface area (Å²) >= 11 is 1.57. The maximum absolute atomic E-state index is 6.02. The average Bonchev–Trinajstić information content (AvgIpc) is 2.64. The van der Waals surface area contributed by atoms with Crippen molar-refractivity contribution in [3.63, 3.8) is 0 Å². The van der Waals surface area contributed by atoms with E-state index in [1.807, 2.05) is 12.1 Å². The second-order valence-electron chi connectivity index (χ2n) is 3.77. The van der Waals surface area contributed by atoms with Crippen molar-refractivity contribution < 1.29 is 38.0 Å². The van der Waals surface area contributed by atoms with E-state index >= 15 is 0 Å². The summed E-state index contributed by atoms with van der Waals surface area (Å²) in [5.41, 5.74) is 7.13. The van der Waals surface area contributed by atoms with Crippen molar-refractivity contribution >= 4 is 26.7 Å². The summed E-state index contributed by atoms with van der Waals surface area (Å²) in [7, 11) is 3.28. The largest absolute Gasteiger partial charge is 1.00 e. The summed E-state index contributed by atoms with van der Waals surface area (Å²) in [6.07, 6.45) is 1.05. The van der Waals surface area contributed by atoms with E-state index in [4.69, 9.17) is 15.2 Å². The molecule has 6 heteroatoms. The minimum Gasteiger partial charge on any atom is -1.00 e. The number of hydrogen-bond acceptors (Lipinski definition) is 4. The number of halogens is 1. The van der Waals surface area contributed by atoms with Gasteiger partial charge in [-0.2, -0.15) is 0 Å². The molecule has 0 saturated carbocycles. The average molecular weight is 380 g/mol. The molecule has 0 aliphatic heterocycles. The second kappa shape index (κ2) is 6.42. The molecule has 0 saturated heterocycles. The number of hydrogen-bond donors (Lipinski definition) is 1. The molecule has 0 aliphatic carbocycles. The van der Waals surface area contributed by atoms with Crippen LogP contribution in [0.1, 0.15) is 13.3 Å². The van der Waals surface area contributed by atoms with E-state index in [1.165, 1.54) is 0 Å². The Balaban J connectivity index is 0.00000162. The van der Waals surface area contributed by atoms with E-state index in [1.54, 1.807) is 25.6 Å². The Morgan fingerprint density at radius 2 is 1.83 bits per heavy atom. The zero-order valence-electron chi connectivity index (χ0n) is 10.7. The lowest BCUT2D eigenvalue weighted by Crippen LogP contribution is -3.00. The molecule has 0 amide bonds. The van der Waals surface area contributed by atoms with Gasteiger partial charge < -0.3 is 33.5 Å². The fraction of sp³-hybridized carbons (Fsp3) is 0.417. The molecule has 2 N–H and O–H groups in total. The van der Waals surface area contributed by atoms with Crippen LogP contribution in [0.5, 0.6) is 11.5 Å². The fourth-order valence-electron chi connectivity index (χ4n) is 1.88. The lowest BCUT2D eigenvalue weighted by molar-refractivity contribution is -0.653. The third-order valence-corrected chi connectivity index (χ3v) is 3.66. The minimum atomic E-state index is 0. The van der Waals surface area contributed by atoms with E-state index in [0.717, 1.165) is 39.8 Å². The highest BCUT2D eigenvalue weighted by Gasteiger charge is 2.17. The molecule has 0 bridgehead atoms. The van der Waals surface area contributed by atoms with E-state index < -0.39 is 0 Å². The maximum Gasteiger partial charge on any atom is 0.332 e. The van der Waals surface area contributed by atoms with Crippen LogP contribution in [-0.2, 0) is 6.54 Å². The van der Waals surface area contributed by atoms with Gasteiger partial charge in [-0.15, -0.1) is 0 Å². The first kappa shape index (κ1) is 15.3. The van der Waals surface area contributed by atoms with Crippen molar-refractivity contribution in [1.29, 1.82) is 0 Å². The molecule has 1 aromatic carbocycles. The predicted octanol–water partition coefficient (Wildman–Crippen LogP) is -0.798. The zero-order chi connectivity index (χ0) is 12.4. The lowest BCUT2D eigenvalue weighted by atomic mass is 10.3. The first-order valence-electron chi connectivity index (χ1n) is 5.55. The van der Waals surface area contributed by atoms with Gasteiger partial charge in [0.05, 0.1) is 25.5 Å². The van der Waals surface area contributed by atoms with Crippen molar-refractivity contribution in [2.24, 2.45) is 0 Å². The number of nitrogens with two attached hydrogens (primary N) is 1. The lowest BCUT2D eigenvalue weighted by Gasteiger charge is -2.06. The van der Waals surface area contributed by atoms with Gasteiger partial charge in [0, 0.05) is 12.1 Å². The highest BCUT2D eigenvalue weighted by atomic mass is 127. The van der Waals surface area contributed by atoms with Crippen molar-refractivity contribution in [3.05, 3.63) is 12.1 Å². The Bertz CT molecular complexity index is 542. The summed E-state index contributed by atoms with van der Waals surface area (Å²) in [5.74, 6) is 1.48. The maximum atomic E-state index is 6.02. The third-order valence-electron chi connectivity index (χ3n) is 2.68. The number of anilines is 1. The van der Waals surface area contributed by atoms with E-state index in [-0.39, 0.29) is 24.0 Å². The van der Waals surface area contributed by atoms with Crippen molar-refractivity contribution in [2.45, 2.75) is 19.9 Å². The molecule has 18 heavy (non-hydrogen) atoms. The fourth-order valence-corrected chi connectivity index (χ4v) is 2.85. The van der Waals surface area contributed by atoms with Gasteiger partial charge in [-0.25, -0.2) is 4.57 Å². The van der Waals surface area contributed by atoms with Crippen LogP contribution in [0.25, 0.3) is 10.2 Å². The summed E-state index contributed by atoms with van der Waals surface area (Å²) in [5, 5.41) is 0.817. The predicted molar refractivity (Wildman–Crippen MR) is 69.8 cm³/mol. The Morgan fingerprint density at radius 1 is 1.22 bits per heavy atom. The first-order valence-corrected chi connectivity index (χ1v) is 6.36. The van der Waals surface area contributed by atoms with Crippen LogP contribution in [0.15, 0.2) is 12.1 Å². The van der Waals surface area contributed by atoms with Crippen molar-refractivity contribution in [1.82, 2.24) is 0 Å². The molecule has 1 aromatic heterocycles. The van der Waals surface area contributed by atoms with Crippen LogP contribution >= 0.6 is 11.3 Å². The van der Waals surface area contributed by atoms with Crippen LogP contribution in [0.3, 0.4) is 0 Å². The van der Waals surface area contributed by atoms with Crippen molar-refractivity contribution in [2.75, 3.05) is 20.0 Å². The number of nitrogens with zero attached hydrogens (tertiary/aromatic N) is 1. The van der Waals surface area contributed by atoms with Gasteiger partial charge in [0.25, 0.3) is 0 Å². The Kier molecular flexibility index (Phi) is 5.46. The Hall–Kier alpha value is -0.760. The van der Waals surface area contributed by atoms with E-state index in [0.29, 0.717) is 0 Å². The molecule has 2 rings (SSSR count). The molecule has 2 aromatic rings.